The van der Waals surface area contributed by atoms with Crippen LogP contribution in [0.25, 0.3) is 0 Å². The van der Waals surface area contributed by atoms with E-state index in [1.165, 1.54) is 71.6 Å². The zero-order valence-electron chi connectivity index (χ0n) is 37.5. The molecule has 1 saturated heterocycles. The van der Waals surface area contributed by atoms with Crippen LogP contribution in [0.5, 0.6) is 0 Å². The van der Waals surface area contributed by atoms with Crippen LogP contribution >= 0.6 is 7.82 Å². The molecular weight excluding hydrogens is 849 g/mol. The highest BCUT2D eigenvalue weighted by Gasteiger charge is 2.50. The maximum atomic E-state index is 13.2. The first kappa shape index (κ1) is 57.7. The number of amides is 4. The Hall–Kier alpha value is -3.27. The molecule has 10 atom stereocenters. The lowest BCUT2D eigenvalue weighted by molar-refractivity contribution is -0.261. The van der Waals surface area contributed by atoms with Crippen LogP contribution in [0, 0.1) is 0 Å². The van der Waals surface area contributed by atoms with Gasteiger partial charge in [0, 0.05) is 13.3 Å². The lowest BCUT2D eigenvalue weighted by atomic mass is 9.96. The van der Waals surface area contributed by atoms with Crippen molar-refractivity contribution < 1.29 is 77.2 Å². The molecule has 63 heavy (non-hydrogen) atoms. The van der Waals surface area contributed by atoms with Gasteiger partial charge in [0.1, 0.15) is 48.6 Å². The minimum Gasteiger partial charge on any atom is -0.480 e. The Bertz CT molecular complexity index is 1430. The third-order valence-electron chi connectivity index (χ3n) is 10.6. The zero-order valence-corrected chi connectivity index (χ0v) is 38.4. The minimum atomic E-state index is -4.85. The van der Waals surface area contributed by atoms with Crippen molar-refractivity contribution in [1.82, 2.24) is 21.3 Å². The molecule has 0 aliphatic carbocycles. The summed E-state index contributed by atoms with van der Waals surface area (Å²) in [5, 5.41) is 49.4. The van der Waals surface area contributed by atoms with Crippen molar-refractivity contribution in [2.75, 3.05) is 19.8 Å². The molecule has 0 aromatic heterocycles. The van der Waals surface area contributed by atoms with Crippen molar-refractivity contribution in [2.45, 2.75) is 205 Å². The Morgan fingerprint density at radius 1 is 0.762 bits per heavy atom. The maximum Gasteiger partial charge on any atom is 0.474 e. The van der Waals surface area contributed by atoms with Crippen LogP contribution < -0.4 is 27.0 Å². The van der Waals surface area contributed by atoms with E-state index in [0.717, 1.165) is 32.6 Å². The lowest BCUT2D eigenvalue weighted by Crippen LogP contribution is -2.66. The monoisotopic (exact) mass is 926 g/mol. The van der Waals surface area contributed by atoms with Crippen molar-refractivity contribution >= 4 is 43.4 Å². The molecular formula is C41H76N5O16P. The molecule has 22 heteroatoms. The number of carboxylic acid groups (broad SMARTS) is 2. The second-order valence-electron chi connectivity index (χ2n) is 16.1. The van der Waals surface area contributed by atoms with Gasteiger partial charge in [0.25, 0.3) is 0 Å². The molecule has 1 unspecified atom stereocenters. The summed E-state index contributed by atoms with van der Waals surface area (Å²) in [5.41, 5.74) is 5.43. The van der Waals surface area contributed by atoms with Crippen LogP contribution in [0.3, 0.4) is 0 Å². The lowest BCUT2D eigenvalue weighted by Gasteiger charge is -2.44. The van der Waals surface area contributed by atoms with Gasteiger partial charge >= 0.3 is 19.8 Å². The van der Waals surface area contributed by atoms with Crippen LogP contribution in [0.1, 0.15) is 150 Å². The largest absolute Gasteiger partial charge is 0.480 e. The van der Waals surface area contributed by atoms with Crippen molar-refractivity contribution in [3.63, 3.8) is 0 Å². The van der Waals surface area contributed by atoms with E-state index in [0.29, 0.717) is 25.8 Å². The van der Waals surface area contributed by atoms with E-state index in [9.17, 15) is 58.7 Å². The number of nitrogens with two attached hydrogens (primary N) is 1. The summed E-state index contributed by atoms with van der Waals surface area (Å²) >= 11 is 0. The van der Waals surface area contributed by atoms with Gasteiger partial charge in [-0.1, -0.05) is 90.4 Å². The summed E-state index contributed by atoms with van der Waals surface area (Å²) in [4.78, 5) is 84.8. The molecule has 0 bridgehead atoms. The molecule has 0 saturated carbocycles. The molecule has 0 spiro atoms. The zero-order chi connectivity index (χ0) is 47.4. The summed E-state index contributed by atoms with van der Waals surface area (Å²) in [6, 6.07) is -5.69. The highest BCUT2D eigenvalue weighted by atomic mass is 31.2. The summed E-state index contributed by atoms with van der Waals surface area (Å²) in [7, 11) is -4.85. The summed E-state index contributed by atoms with van der Waals surface area (Å²) in [6.45, 7) is 5.17. The quantitative estimate of drug-likeness (QED) is 0.0319. The number of unbranched alkanes of at least 4 members (excludes halogenated alkanes) is 14. The topological polar surface area (TPSA) is 332 Å². The fourth-order valence-electron chi connectivity index (χ4n) is 6.89. The number of nitrogens with one attached hydrogen (secondary N) is 4. The first-order valence-corrected chi connectivity index (χ1v) is 23.9. The third-order valence-corrected chi connectivity index (χ3v) is 11.5. The molecule has 0 aromatic rings. The number of aliphatic hydroxyl groups is 2. The van der Waals surface area contributed by atoms with Crippen molar-refractivity contribution in [2.24, 2.45) is 5.73 Å². The first-order chi connectivity index (χ1) is 29.9. The Kier molecular flexibility index (Phi) is 29.7. The number of carboxylic acids is 2. The second-order valence-corrected chi connectivity index (χ2v) is 17.5. The van der Waals surface area contributed by atoms with E-state index < -0.39 is 118 Å². The SMILES string of the molecule is CCCCCCCCCCCCCCCCOP(=O)(O)O[C@H]1O[C@H](CO)[C@@H](O)[C@H](O[C@H](C)C(=O)N[C@@H](C)C(=O)N[C@H](CCC(=O)N[C@@H](CCCCN)C(=O)O)C(=O)O)[C@H]1NC(C)=O. The first-order valence-electron chi connectivity index (χ1n) is 22.5. The molecule has 366 valence electrons. The van der Waals surface area contributed by atoms with Crippen molar-refractivity contribution in [3.05, 3.63) is 0 Å². The van der Waals surface area contributed by atoms with Crippen LogP contribution in [0.2, 0.25) is 0 Å². The number of ether oxygens (including phenoxy) is 2. The molecule has 11 N–H and O–H groups in total. The van der Waals surface area contributed by atoms with Gasteiger partial charge in [0.05, 0.1) is 13.2 Å². The fourth-order valence-corrected chi connectivity index (χ4v) is 7.75. The Balaban J connectivity index is 2.76. The Labute approximate surface area is 371 Å². The summed E-state index contributed by atoms with van der Waals surface area (Å²) in [6.07, 6.45) is 7.86. The number of rotatable bonds is 36. The number of phosphoric ester groups is 1. The Morgan fingerprint density at radius 2 is 1.30 bits per heavy atom. The third kappa shape index (κ3) is 24.6. The van der Waals surface area contributed by atoms with Gasteiger partial charge in [0.15, 0.2) is 6.29 Å². The van der Waals surface area contributed by atoms with Gasteiger partial charge in [-0.2, -0.15) is 0 Å². The molecule has 1 aliphatic heterocycles. The van der Waals surface area contributed by atoms with Crippen LogP contribution in [0.15, 0.2) is 0 Å². The van der Waals surface area contributed by atoms with E-state index in [2.05, 4.69) is 28.2 Å². The molecule has 1 heterocycles. The molecule has 1 fully saturated rings. The predicted molar refractivity (Wildman–Crippen MR) is 230 cm³/mol. The number of hydrogen-bond acceptors (Lipinski definition) is 14. The predicted octanol–water partition coefficient (Wildman–Crippen LogP) is 2.51. The smallest absolute Gasteiger partial charge is 0.474 e. The fraction of sp³-hybridized carbons (Fsp3) is 0.854. The van der Waals surface area contributed by atoms with Crippen molar-refractivity contribution in [1.29, 1.82) is 0 Å². The molecule has 4 amide bonds. The van der Waals surface area contributed by atoms with E-state index in [4.69, 9.17) is 24.3 Å². The van der Waals surface area contributed by atoms with Crippen LogP contribution in [-0.2, 0) is 51.9 Å². The number of aliphatic hydroxyl groups excluding tert-OH is 2. The highest BCUT2D eigenvalue weighted by Crippen LogP contribution is 2.47. The number of carbonyl (C=O) groups excluding carboxylic acids is 4. The van der Waals surface area contributed by atoms with Gasteiger partial charge < -0.3 is 61.8 Å². The molecule has 1 aliphatic rings. The van der Waals surface area contributed by atoms with Crippen LogP contribution in [-0.4, -0.2) is 136 Å². The van der Waals surface area contributed by atoms with E-state index in [1.54, 1.807) is 0 Å². The van der Waals surface area contributed by atoms with Crippen LogP contribution in [0.4, 0.5) is 0 Å². The number of phosphoric acid groups is 1. The van der Waals surface area contributed by atoms with Gasteiger partial charge in [-0.3, -0.25) is 28.2 Å². The van der Waals surface area contributed by atoms with E-state index >= 15 is 0 Å². The number of carbonyl (C=O) groups is 6. The summed E-state index contributed by atoms with van der Waals surface area (Å²) in [5.74, 6) is -6.12. The molecule has 0 aromatic carbocycles. The van der Waals surface area contributed by atoms with Gasteiger partial charge in [-0.25, -0.2) is 14.2 Å². The standard InChI is InChI=1S/C41H76N5O16P/c1-5-6-7-8-9-10-11-12-13-14-15-16-17-20-25-59-63(57,58)62-41-34(44-29(4)48)36(35(50)32(26-47)61-41)60-28(3)38(52)43-27(2)37(51)46-31(40(55)56)22-23-33(49)45-30(39(53)54)21-18-19-24-42/h27-28,30-32,34-36,41,47,50H,5-26,42H2,1-4H3,(H,43,52)(H,44,48)(H,45,49)(H,46,51)(H,53,54)(H,55,56)(H,57,58)/t27-,28+,30-,31+,32+,34+,35+,36+,41+/m0/s1. The van der Waals surface area contributed by atoms with Crippen molar-refractivity contribution in [3.8, 4) is 0 Å². The normalized spacial score (nSPS) is 21.6. The minimum absolute atomic E-state index is 0.119. The number of hydrogen-bond donors (Lipinski definition) is 10. The van der Waals surface area contributed by atoms with E-state index in [1.807, 2.05) is 0 Å². The average Bonchev–Trinajstić information content (AvgIpc) is 3.22. The molecule has 1 rings (SSSR count). The maximum absolute atomic E-state index is 13.2. The second kappa shape index (κ2) is 32.4. The van der Waals surface area contributed by atoms with Gasteiger partial charge in [-0.05, 0) is 52.5 Å². The van der Waals surface area contributed by atoms with Gasteiger partial charge in [-0.15, -0.1) is 0 Å². The van der Waals surface area contributed by atoms with E-state index in [-0.39, 0.29) is 13.0 Å². The Morgan fingerprint density at radius 3 is 1.81 bits per heavy atom. The van der Waals surface area contributed by atoms with Gasteiger partial charge in [0.2, 0.25) is 23.6 Å². The summed E-state index contributed by atoms with van der Waals surface area (Å²) < 4.78 is 34.8. The highest BCUT2D eigenvalue weighted by molar-refractivity contribution is 7.47. The molecule has 21 nitrogen and oxygen atoms in total. The molecule has 0 radical (unpaired) electrons. The average molecular weight is 926 g/mol. The number of aliphatic carboxylic acids is 2.